The molecule has 0 aliphatic carbocycles. The van der Waals surface area contributed by atoms with Crippen LogP contribution in [0.3, 0.4) is 0 Å². The van der Waals surface area contributed by atoms with E-state index in [1.807, 2.05) is 0 Å². The zero-order chi connectivity index (χ0) is 19.1. The lowest BCUT2D eigenvalue weighted by molar-refractivity contribution is -0.117. The van der Waals surface area contributed by atoms with Crippen molar-refractivity contribution in [1.82, 2.24) is 0 Å². The molecule has 7 heteroatoms. The number of hydrogen-bond acceptors (Lipinski definition) is 3. The fourth-order valence-electron chi connectivity index (χ4n) is 2.43. The van der Waals surface area contributed by atoms with Crippen LogP contribution in [0.25, 0.3) is 0 Å². The molecular formula is C19H20FN3O3. The van der Waals surface area contributed by atoms with Gasteiger partial charge in [-0.25, -0.2) is 4.39 Å². The van der Waals surface area contributed by atoms with E-state index in [1.54, 1.807) is 30.3 Å². The lowest BCUT2D eigenvalue weighted by Crippen LogP contribution is -2.32. The normalized spacial score (nSPS) is 10.1. The summed E-state index contributed by atoms with van der Waals surface area (Å²) < 4.78 is 13.4. The van der Waals surface area contributed by atoms with Crippen LogP contribution in [0.4, 0.5) is 21.5 Å². The lowest BCUT2D eigenvalue weighted by Gasteiger charge is -2.21. The second-order valence-corrected chi connectivity index (χ2v) is 5.71. The average Bonchev–Trinajstić information content (AvgIpc) is 2.54. The van der Waals surface area contributed by atoms with Crippen LogP contribution in [0, 0.1) is 5.82 Å². The smallest absolute Gasteiger partial charge is 0.226 e. The summed E-state index contributed by atoms with van der Waals surface area (Å²) in [4.78, 5) is 36.4. The van der Waals surface area contributed by atoms with Crippen LogP contribution in [0.15, 0.2) is 48.5 Å². The summed E-state index contributed by atoms with van der Waals surface area (Å²) in [7, 11) is 0. The zero-order valence-corrected chi connectivity index (χ0v) is 14.6. The van der Waals surface area contributed by atoms with E-state index in [4.69, 9.17) is 0 Å². The van der Waals surface area contributed by atoms with Gasteiger partial charge in [-0.05, 0) is 36.4 Å². The number of halogens is 1. The van der Waals surface area contributed by atoms with Gasteiger partial charge in [0.1, 0.15) is 5.82 Å². The van der Waals surface area contributed by atoms with Crippen LogP contribution in [-0.4, -0.2) is 24.3 Å². The van der Waals surface area contributed by atoms with Crippen LogP contribution >= 0.6 is 0 Å². The Morgan fingerprint density at radius 2 is 1.62 bits per heavy atom. The molecule has 0 heterocycles. The Balaban J connectivity index is 1.98. The molecule has 2 rings (SSSR count). The Morgan fingerprint density at radius 1 is 0.962 bits per heavy atom. The first-order valence-electron chi connectivity index (χ1n) is 8.06. The number of hydrogen-bond donors (Lipinski definition) is 2. The molecule has 0 saturated carbocycles. The summed E-state index contributed by atoms with van der Waals surface area (Å²) in [5, 5.41) is 5.34. The second kappa shape index (κ2) is 8.75. The van der Waals surface area contributed by atoms with Gasteiger partial charge in [0, 0.05) is 43.9 Å². The SMILES string of the molecule is CC(=O)Nc1cccc(NC(=O)CCN(C(C)=O)c2cccc(F)c2)c1. The number of rotatable bonds is 6. The molecule has 0 radical (unpaired) electrons. The number of nitrogens with one attached hydrogen (secondary N) is 2. The molecule has 0 aliphatic rings. The van der Waals surface area contributed by atoms with Gasteiger partial charge in [0.05, 0.1) is 0 Å². The highest BCUT2D eigenvalue weighted by atomic mass is 19.1. The van der Waals surface area contributed by atoms with Crippen LogP contribution in [0.1, 0.15) is 20.3 Å². The molecule has 26 heavy (non-hydrogen) atoms. The molecule has 6 nitrogen and oxygen atoms in total. The van der Waals surface area contributed by atoms with Crippen LogP contribution in [0.5, 0.6) is 0 Å². The average molecular weight is 357 g/mol. The summed E-state index contributed by atoms with van der Waals surface area (Å²) in [6, 6.07) is 12.4. The maximum Gasteiger partial charge on any atom is 0.226 e. The van der Waals surface area contributed by atoms with Crippen LogP contribution in [-0.2, 0) is 14.4 Å². The van der Waals surface area contributed by atoms with Crippen molar-refractivity contribution in [2.24, 2.45) is 0 Å². The Bertz CT molecular complexity index is 823. The monoisotopic (exact) mass is 357 g/mol. The van der Waals surface area contributed by atoms with Gasteiger partial charge in [-0.2, -0.15) is 0 Å². The third-order valence-electron chi connectivity index (χ3n) is 3.53. The van der Waals surface area contributed by atoms with Gasteiger partial charge in [-0.3, -0.25) is 14.4 Å². The van der Waals surface area contributed by atoms with E-state index in [-0.39, 0.29) is 30.7 Å². The molecule has 136 valence electrons. The quantitative estimate of drug-likeness (QED) is 0.833. The van der Waals surface area contributed by atoms with E-state index in [0.29, 0.717) is 17.1 Å². The van der Waals surface area contributed by atoms with Gasteiger partial charge < -0.3 is 15.5 Å². The van der Waals surface area contributed by atoms with Crippen molar-refractivity contribution in [1.29, 1.82) is 0 Å². The minimum atomic E-state index is -0.451. The van der Waals surface area contributed by atoms with Gasteiger partial charge in [-0.15, -0.1) is 0 Å². The molecule has 2 N–H and O–H groups in total. The van der Waals surface area contributed by atoms with Gasteiger partial charge in [-0.1, -0.05) is 12.1 Å². The summed E-state index contributed by atoms with van der Waals surface area (Å²) in [6.07, 6.45) is 0.0421. The van der Waals surface area contributed by atoms with Crippen LogP contribution in [0.2, 0.25) is 0 Å². The predicted octanol–water partition coefficient (Wildman–Crippen LogP) is 3.17. The first-order valence-corrected chi connectivity index (χ1v) is 8.06. The summed E-state index contributed by atoms with van der Waals surface area (Å²) >= 11 is 0. The minimum Gasteiger partial charge on any atom is -0.326 e. The summed E-state index contributed by atoms with van der Waals surface area (Å²) in [5.74, 6) is -1.24. The molecular weight excluding hydrogens is 337 g/mol. The highest BCUT2D eigenvalue weighted by Crippen LogP contribution is 2.18. The van der Waals surface area contributed by atoms with E-state index in [9.17, 15) is 18.8 Å². The van der Waals surface area contributed by atoms with Gasteiger partial charge in [0.15, 0.2) is 0 Å². The maximum absolute atomic E-state index is 13.4. The Labute approximate surface area is 151 Å². The van der Waals surface area contributed by atoms with Crippen molar-refractivity contribution >= 4 is 34.8 Å². The molecule has 0 aliphatic heterocycles. The Kier molecular flexibility index (Phi) is 6.43. The van der Waals surface area contributed by atoms with Crippen molar-refractivity contribution in [3.8, 4) is 0 Å². The molecule has 2 aromatic carbocycles. The number of amides is 3. The van der Waals surface area contributed by atoms with Crippen LogP contribution < -0.4 is 15.5 Å². The number of nitrogens with zero attached hydrogens (tertiary/aromatic N) is 1. The van der Waals surface area contributed by atoms with Crippen molar-refractivity contribution in [3.63, 3.8) is 0 Å². The van der Waals surface area contributed by atoms with E-state index in [2.05, 4.69) is 10.6 Å². The standard InChI is InChI=1S/C19H20FN3O3/c1-13(24)21-16-6-4-7-17(12-16)22-19(26)9-10-23(14(2)25)18-8-3-5-15(20)11-18/h3-8,11-12H,9-10H2,1-2H3,(H,21,24)(H,22,26). The third kappa shape index (κ3) is 5.70. The molecule has 0 unspecified atom stereocenters. The van der Waals surface area contributed by atoms with Crippen molar-refractivity contribution in [2.75, 3.05) is 22.1 Å². The Morgan fingerprint density at radius 3 is 2.23 bits per heavy atom. The largest absolute Gasteiger partial charge is 0.326 e. The number of anilines is 3. The summed E-state index contributed by atoms with van der Waals surface area (Å²) in [6.45, 7) is 2.88. The lowest BCUT2D eigenvalue weighted by atomic mass is 10.2. The molecule has 2 aromatic rings. The first kappa shape index (κ1) is 19.1. The van der Waals surface area contributed by atoms with Gasteiger partial charge in [0.25, 0.3) is 0 Å². The minimum absolute atomic E-state index is 0.0421. The predicted molar refractivity (Wildman–Crippen MR) is 98.4 cm³/mol. The fourth-order valence-corrected chi connectivity index (χ4v) is 2.43. The number of carbonyl (C=O) groups is 3. The van der Waals surface area contributed by atoms with E-state index in [1.165, 1.54) is 36.9 Å². The summed E-state index contributed by atoms with van der Waals surface area (Å²) in [5.41, 5.74) is 1.50. The molecule has 3 amide bonds. The van der Waals surface area contributed by atoms with E-state index < -0.39 is 5.82 Å². The molecule has 0 aromatic heterocycles. The first-order chi connectivity index (χ1) is 12.3. The van der Waals surface area contributed by atoms with Gasteiger partial charge in [0.2, 0.25) is 17.7 Å². The highest BCUT2D eigenvalue weighted by molar-refractivity contribution is 5.95. The number of carbonyl (C=O) groups excluding carboxylic acids is 3. The molecule has 0 atom stereocenters. The fraction of sp³-hybridized carbons (Fsp3) is 0.211. The van der Waals surface area contributed by atoms with Crippen molar-refractivity contribution in [2.45, 2.75) is 20.3 Å². The topological polar surface area (TPSA) is 78.5 Å². The van der Waals surface area contributed by atoms with E-state index in [0.717, 1.165) is 0 Å². The number of benzene rings is 2. The van der Waals surface area contributed by atoms with Gasteiger partial charge >= 0.3 is 0 Å². The molecule has 0 spiro atoms. The van der Waals surface area contributed by atoms with Crippen molar-refractivity contribution < 1.29 is 18.8 Å². The molecule has 0 saturated heterocycles. The third-order valence-corrected chi connectivity index (χ3v) is 3.53. The maximum atomic E-state index is 13.4. The van der Waals surface area contributed by atoms with Crippen molar-refractivity contribution in [3.05, 3.63) is 54.3 Å². The zero-order valence-electron chi connectivity index (χ0n) is 14.6. The second-order valence-electron chi connectivity index (χ2n) is 5.71. The Hall–Kier alpha value is -3.22. The molecule has 0 fully saturated rings. The highest BCUT2D eigenvalue weighted by Gasteiger charge is 2.14. The van der Waals surface area contributed by atoms with E-state index >= 15 is 0 Å². The molecule has 0 bridgehead atoms.